The summed E-state index contributed by atoms with van der Waals surface area (Å²) in [6.07, 6.45) is 4.78. The SMILES string of the molecule is CCCCOCCCNC(=NC)NCc1cccc(-c2ncn[nH]2)c1.I. The number of aromatic amines is 1. The molecule has 0 radical (unpaired) electrons. The van der Waals surface area contributed by atoms with Crippen LogP contribution < -0.4 is 10.6 Å². The molecular weight excluding hydrogens is 443 g/mol. The van der Waals surface area contributed by atoms with Crippen molar-refractivity contribution in [3.05, 3.63) is 36.2 Å². The summed E-state index contributed by atoms with van der Waals surface area (Å²) in [6, 6.07) is 8.18. The first-order valence-electron chi connectivity index (χ1n) is 8.80. The number of hydrogen-bond donors (Lipinski definition) is 3. The van der Waals surface area contributed by atoms with E-state index in [-0.39, 0.29) is 24.0 Å². The lowest BCUT2D eigenvalue weighted by molar-refractivity contribution is 0.129. The predicted molar refractivity (Wildman–Crippen MR) is 116 cm³/mol. The van der Waals surface area contributed by atoms with Crippen LogP contribution in [0.5, 0.6) is 0 Å². The molecule has 0 bridgehead atoms. The number of ether oxygens (including phenoxy) is 1. The topological polar surface area (TPSA) is 87.2 Å². The van der Waals surface area contributed by atoms with E-state index in [1.54, 1.807) is 7.05 Å². The van der Waals surface area contributed by atoms with Crippen molar-refractivity contribution < 1.29 is 4.74 Å². The maximum absolute atomic E-state index is 5.55. The predicted octanol–water partition coefficient (Wildman–Crippen LogP) is 2.96. The molecule has 1 aromatic carbocycles. The molecule has 3 N–H and O–H groups in total. The molecule has 0 amide bonds. The van der Waals surface area contributed by atoms with Gasteiger partial charge in [-0.15, -0.1) is 24.0 Å². The third kappa shape index (κ3) is 8.13. The number of H-pyrrole nitrogens is 1. The Morgan fingerprint density at radius 1 is 1.23 bits per heavy atom. The lowest BCUT2D eigenvalue weighted by Crippen LogP contribution is -2.37. The summed E-state index contributed by atoms with van der Waals surface area (Å²) in [4.78, 5) is 8.43. The number of guanidine groups is 1. The average Bonchev–Trinajstić information content (AvgIpc) is 3.18. The van der Waals surface area contributed by atoms with Crippen LogP contribution in [0.25, 0.3) is 11.4 Å². The third-order valence-electron chi connectivity index (χ3n) is 3.70. The lowest BCUT2D eigenvalue weighted by atomic mass is 10.1. The molecule has 8 heteroatoms. The van der Waals surface area contributed by atoms with Crippen LogP contribution in [-0.4, -0.2) is 47.9 Å². The molecule has 0 atom stereocenters. The van der Waals surface area contributed by atoms with Crippen LogP contribution in [0.1, 0.15) is 31.7 Å². The van der Waals surface area contributed by atoms with Crippen molar-refractivity contribution in [1.82, 2.24) is 25.8 Å². The fourth-order valence-corrected chi connectivity index (χ4v) is 2.31. The maximum Gasteiger partial charge on any atom is 0.191 e. The summed E-state index contributed by atoms with van der Waals surface area (Å²) in [6.45, 7) is 5.33. The van der Waals surface area contributed by atoms with E-state index in [0.29, 0.717) is 6.54 Å². The molecule has 0 spiro atoms. The van der Waals surface area contributed by atoms with Gasteiger partial charge < -0.3 is 15.4 Å². The Morgan fingerprint density at radius 3 is 2.81 bits per heavy atom. The number of nitrogens with one attached hydrogen (secondary N) is 3. The first-order chi connectivity index (χ1) is 12.3. The quantitative estimate of drug-likeness (QED) is 0.214. The van der Waals surface area contributed by atoms with Gasteiger partial charge in [-0.3, -0.25) is 10.1 Å². The van der Waals surface area contributed by atoms with Gasteiger partial charge in [0.15, 0.2) is 11.8 Å². The van der Waals surface area contributed by atoms with Gasteiger partial charge >= 0.3 is 0 Å². The Hall–Kier alpha value is -1.68. The average molecular weight is 472 g/mol. The van der Waals surface area contributed by atoms with Crippen molar-refractivity contribution in [3.63, 3.8) is 0 Å². The highest BCUT2D eigenvalue weighted by atomic mass is 127. The molecule has 2 rings (SSSR count). The molecule has 0 aliphatic rings. The zero-order valence-electron chi connectivity index (χ0n) is 15.5. The third-order valence-corrected chi connectivity index (χ3v) is 3.70. The molecule has 0 aliphatic carbocycles. The monoisotopic (exact) mass is 472 g/mol. The van der Waals surface area contributed by atoms with Gasteiger partial charge in [0.25, 0.3) is 0 Å². The van der Waals surface area contributed by atoms with Crippen LogP contribution in [-0.2, 0) is 11.3 Å². The number of rotatable bonds is 10. The van der Waals surface area contributed by atoms with E-state index in [1.165, 1.54) is 12.7 Å². The number of aliphatic imine (C=N–C) groups is 1. The number of aromatic nitrogens is 3. The summed E-state index contributed by atoms with van der Waals surface area (Å²) in [5, 5.41) is 13.4. The summed E-state index contributed by atoms with van der Waals surface area (Å²) in [5.74, 6) is 1.56. The number of hydrogen-bond acceptors (Lipinski definition) is 4. The van der Waals surface area contributed by atoms with Crippen LogP contribution >= 0.6 is 24.0 Å². The van der Waals surface area contributed by atoms with Crippen molar-refractivity contribution in [2.24, 2.45) is 4.99 Å². The van der Waals surface area contributed by atoms with Crippen LogP contribution in [0.4, 0.5) is 0 Å². The van der Waals surface area contributed by atoms with Crippen LogP contribution in [0.2, 0.25) is 0 Å². The van der Waals surface area contributed by atoms with E-state index in [4.69, 9.17) is 4.74 Å². The van der Waals surface area contributed by atoms with E-state index < -0.39 is 0 Å². The highest BCUT2D eigenvalue weighted by Gasteiger charge is 2.03. The summed E-state index contributed by atoms with van der Waals surface area (Å²) >= 11 is 0. The van der Waals surface area contributed by atoms with E-state index >= 15 is 0 Å². The Bertz CT molecular complexity index is 632. The molecule has 7 nitrogen and oxygen atoms in total. The Labute approximate surface area is 172 Å². The molecule has 0 saturated heterocycles. The molecule has 144 valence electrons. The molecule has 0 aliphatic heterocycles. The molecule has 0 unspecified atom stereocenters. The number of benzene rings is 1. The first kappa shape index (κ1) is 22.4. The van der Waals surface area contributed by atoms with Crippen molar-refractivity contribution >= 4 is 29.9 Å². The highest BCUT2D eigenvalue weighted by molar-refractivity contribution is 14.0. The fraction of sp³-hybridized carbons (Fsp3) is 0.500. The van der Waals surface area contributed by atoms with Gasteiger partial charge in [-0.05, 0) is 24.5 Å². The van der Waals surface area contributed by atoms with Gasteiger partial charge in [0.1, 0.15) is 6.33 Å². The van der Waals surface area contributed by atoms with E-state index in [1.807, 2.05) is 12.1 Å². The van der Waals surface area contributed by atoms with E-state index in [0.717, 1.165) is 55.5 Å². The molecule has 1 heterocycles. The van der Waals surface area contributed by atoms with Gasteiger partial charge in [0.2, 0.25) is 0 Å². The van der Waals surface area contributed by atoms with Crippen molar-refractivity contribution in [2.45, 2.75) is 32.7 Å². The Kier molecular flexibility index (Phi) is 11.6. The van der Waals surface area contributed by atoms with Crippen molar-refractivity contribution in [2.75, 3.05) is 26.8 Å². The van der Waals surface area contributed by atoms with Crippen LogP contribution in [0, 0.1) is 0 Å². The second kappa shape index (κ2) is 13.5. The fourth-order valence-electron chi connectivity index (χ4n) is 2.31. The van der Waals surface area contributed by atoms with Crippen molar-refractivity contribution in [1.29, 1.82) is 0 Å². The smallest absolute Gasteiger partial charge is 0.191 e. The summed E-state index contributed by atoms with van der Waals surface area (Å²) < 4.78 is 5.55. The normalized spacial score (nSPS) is 11.1. The van der Waals surface area contributed by atoms with Gasteiger partial charge in [0, 0.05) is 38.9 Å². The second-order valence-electron chi connectivity index (χ2n) is 5.71. The minimum absolute atomic E-state index is 0. The minimum Gasteiger partial charge on any atom is -0.381 e. The standard InChI is InChI=1S/C18H28N6O.HI/c1-3-4-10-25-11-6-9-20-18(19-2)21-13-15-7-5-8-16(12-15)17-22-14-23-24-17;/h5,7-8,12,14H,3-4,6,9-11,13H2,1-2H3,(H2,19,20,21)(H,22,23,24);1H. The zero-order valence-corrected chi connectivity index (χ0v) is 17.8. The minimum atomic E-state index is 0. The second-order valence-corrected chi connectivity index (χ2v) is 5.71. The largest absolute Gasteiger partial charge is 0.381 e. The van der Waals surface area contributed by atoms with E-state index in [9.17, 15) is 0 Å². The molecular formula is C18H29IN6O. The molecule has 0 fully saturated rings. The number of nitrogens with zero attached hydrogens (tertiary/aromatic N) is 3. The molecule has 2 aromatic rings. The summed E-state index contributed by atoms with van der Waals surface area (Å²) in [5.41, 5.74) is 2.17. The van der Waals surface area contributed by atoms with Gasteiger partial charge in [-0.1, -0.05) is 31.5 Å². The van der Waals surface area contributed by atoms with Crippen LogP contribution in [0.15, 0.2) is 35.6 Å². The maximum atomic E-state index is 5.55. The van der Waals surface area contributed by atoms with Gasteiger partial charge in [-0.2, -0.15) is 5.10 Å². The lowest BCUT2D eigenvalue weighted by Gasteiger charge is -2.12. The first-order valence-corrected chi connectivity index (χ1v) is 8.80. The van der Waals surface area contributed by atoms with Gasteiger partial charge in [-0.25, -0.2) is 4.98 Å². The van der Waals surface area contributed by atoms with E-state index in [2.05, 4.69) is 49.9 Å². The zero-order chi connectivity index (χ0) is 17.7. The summed E-state index contributed by atoms with van der Waals surface area (Å²) in [7, 11) is 1.78. The number of unbranched alkanes of at least 4 members (excludes halogenated alkanes) is 1. The Morgan fingerprint density at radius 2 is 2.08 bits per heavy atom. The van der Waals surface area contributed by atoms with Crippen molar-refractivity contribution in [3.8, 4) is 11.4 Å². The van der Waals surface area contributed by atoms with Gasteiger partial charge in [0.05, 0.1) is 0 Å². The highest BCUT2D eigenvalue weighted by Crippen LogP contribution is 2.15. The number of halogens is 1. The van der Waals surface area contributed by atoms with Crippen LogP contribution in [0.3, 0.4) is 0 Å². The molecule has 0 saturated carbocycles. The molecule has 1 aromatic heterocycles. The molecule has 26 heavy (non-hydrogen) atoms. The Balaban J connectivity index is 0.00000338.